The summed E-state index contributed by atoms with van der Waals surface area (Å²) >= 11 is 0. The van der Waals surface area contributed by atoms with Crippen molar-refractivity contribution in [3.05, 3.63) is 89.9 Å². The number of halogens is 1. The van der Waals surface area contributed by atoms with Gasteiger partial charge in [0.1, 0.15) is 5.82 Å². The van der Waals surface area contributed by atoms with Crippen LogP contribution in [0.25, 0.3) is 11.3 Å². The molecule has 0 bridgehead atoms. The molecule has 0 fully saturated rings. The van der Waals surface area contributed by atoms with Crippen molar-refractivity contribution < 1.29 is 4.39 Å². The first-order valence-electron chi connectivity index (χ1n) is 7.07. The first-order valence-corrected chi connectivity index (χ1v) is 7.07. The number of pyridine rings is 1. The predicted octanol–water partition coefficient (Wildman–Crippen LogP) is 4.67. The number of hydrogen-bond donors (Lipinski definition) is 0. The van der Waals surface area contributed by atoms with E-state index in [9.17, 15) is 4.39 Å². The zero-order chi connectivity index (χ0) is 14.5. The number of rotatable bonds is 4. The van der Waals surface area contributed by atoms with Crippen molar-refractivity contribution >= 4 is 0 Å². The maximum Gasteiger partial charge on any atom is 0.123 e. The van der Waals surface area contributed by atoms with Crippen LogP contribution in [0.2, 0.25) is 0 Å². The van der Waals surface area contributed by atoms with Crippen LogP contribution in [0.15, 0.2) is 72.9 Å². The Kier molecular flexibility index (Phi) is 4.06. The average Bonchev–Trinajstić information content (AvgIpc) is 2.55. The molecule has 3 rings (SSSR count). The molecule has 0 radical (unpaired) electrons. The minimum Gasteiger partial charge on any atom is -0.256 e. The van der Waals surface area contributed by atoms with Crippen molar-refractivity contribution in [2.75, 3.05) is 0 Å². The van der Waals surface area contributed by atoms with Gasteiger partial charge in [0.25, 0.3) is 0 Å². The molecule has 0 aliphatic rings. The van der Waals surface area contributed by atoms with Gasteiger partial charge in [0.15, 0.2) is 0 Å². The van der Waals surface area contributed by atoms with Crippen molar-refractivity contribution in [2.24, 2.45) is 0 Å². The van der Waals surface area contributed by atoms with E-state index in [1.807, 2.05) is 48.7 Å². The number of hydrogen-bond acceptors (Lipinski definition) is 1. The molecular formula is C19H16FN. The molecule has 0 N–H and O–H groups in total. The Morgan fingerprint density at radius 1 is 0.762 bits per heavy atom. The molecule has 0 unspecified atom stereocenters. The SMILES string of the molecule is Fc1ccc(CCc2ccccc2-c2ccccn2)cc1. The lowest BCUT2D eigenvalue weighted by molar-refractivity contribution is 0.627. The topological polar surface area (TPSA) is 12.9 Å². The van der Waals surface area contributed by atoms with Crippen LogP contribution >= 0.6 is 0 Å². The van der Waals surface area contributed by atoms with Crippen LogP contribution in [0.4, 0.5) is 4.39 Å². The van der Waals surface area contributed by atoms with E-state index >= 15 is 0 Å². The highest BCUT2D eigenvalue weighted by molar-refractivity contribution is 5.63. The van der Waals surface area contributed by atoms with Gasteiger partial charge in [-0.3, -0.25) is 4.98 Å². The van der Waals surface area contributed by atoms with Gasteiger partial charge in [0, 0.05) is 11.8 Å². The van der Waals surface area contributed by atoms with Gasteiger partial charge in [-0.2, -0.15) is 0 Å². The van der Waals surface area contributed by atoms with Crippen molar-refractivity contribution in [2.45, 2.75) is 12.8 Å². The molecule has 104 valence electrons. The lowest BCUT2D eigenvalue weighted by Gasteiger charge is -2.09. The third kappa shape index (κ3) is 3.34. The molecule has 1 heterocycles. The summed E-state index contributed by atoms with van der Waals surface area (Å²) in [5, 5.41) is 0. The fraction of sp³-hybridized carbons (Fsp3) is 0.105. The van der Waals surface area contributed by atoms with E-state index in [4.69, 9.17) is 0 Å². The van der Waals surface area contributed by atoms with Gasteiger partial charge in [-0.1, -0.05) is 42.5 Å². The third-order valence-corrected chi connectivity index (χ3v) is 3.55. The Hall–Kier alpha value is -2.48. The van der Waals surface area contributed by atoms with Crippen LogP contribution in [0.5, 0.6) is 0 Å². The van der Waals surface area contributed by atoms with E-state index in [2.05, 4.69) is 17.1 Å². The lowest BCUT2D eigenvalue weighted by Crippen LogP contribution is -1.95. The first-order chi connectivity index (χ1) is 10.3. The Morgan fingerprint density at radius 3 is 2.29 bits per heavy atom. The van der Waals surface area contributed by atoms with E-state index < -0.39 is 0 Å². The second-order valence-corrected chi connectivity index (χ2v) is 5.00. The van der Waals surface area contributed by atoms with Crippen molar-refractivity contribution in [3.63, 3.8) is 0 Å². The van der Waals surface area contributed by atoms with E-state index in [1.165, 1.54) is 23.3 Å². The molecular weight excluding hydrogens is 261 g/mol. The Bertz CT molecular complexity index is 705. The third-order valence-electron chi connectivity index (χ3n) is 3.55. The molecule has 2 heteroatoms. The Morgan fingerprint density at radius 2 is 1.52 bits per heavy atom. The summed E-state index contributed by atoms with van der Waals surface area (Å²) in [6, 6.07) is 21.0. The second-order valence-electron chi connectivity index (χ2n) is 5.00. The van der Waals surface area contributed by atoms with Gasteiger partial charge in [0.05, 0.1) is 5.69 Å². The molecule has 0 aliphatic heterocycles. The molecule has 1 aromatic heterocycles. The van der Waals surface area contributed by atoms with Crippen LogP contribution < -0.4 is 0 Å². The molecule has 0 saturated carbocycles. The van der Waals surface area contributed by atoms with Gasteiger partial charge in [-0.15, -0.1) is 0 Å². The van der Waals surface area contributed by atoms with Gasteiger partial charge in [-0.25, -0.2) is 4.39 Å². The smallest absolute Gasteiger partial charge is 0.123 e. The monoisotopic (exact) mass is 277 g/mol. The van der Waals surface area contributed by atoms with E-state index in [0.717, 1.165) is 24.1 Å². The molecule has 2 aromatic carbocycles. The van der Waals surface area contributed by atoms with Crippen LogP contribution in [0, 0.1) is 5.82 Å². The average molecular weight is 277 g/mol. The second kappa shape index (κ2) is 6.31. The zero-order valence-electron chi connectivity index (χ0n) is 11.7. The van der Waals surface area contributed by atoms with E-state index in [0.29, 0.717) is 0 Å². The highest BCUT2D eigenvalue weighted by Gasteiger charge is 2.05. The molecule has 1 nitrogen and oxygen atoms in total. The summed E-state index contributed by atoms with van der Waals surface area (Å²) in [6.45, 7) is 0. The van der Waals surface area contributed by atoms with Gasteiger partial charge in [0.2, 0.25) is 0 Å². The first kappa shape index (κ1) is 13.5. The maximum absolute atomic E-state index is 12.9. The van der Waals surface area contributed by atoms with Crippen LogP contribution in [-0.2, 0) is 12.8 Å². The summed E-state index contributed by atoms with van der Waals surface area (Å²) in [5.41, 5.74) is 4.57. The quantitative estimate of drug-likeness (QED) is 0.675. The maximum atomic E-state index is 12.9. The minimum absolute atomic E-state index is 0.187. The number of aryl methyl sites for hydroxylation is 2. The van der Waals surface area contributed by atoms with Crippen LogP contribution in [-0.4, -0.2) is 4.98 Å². The van der Waals surface area contributed by atoms with E-state index in [-0.39, 0.29) is 5.82 Å². The molecule has 3 aromatic rings. The normalized spacial score (nSPS) is 10.5. The molecule has 21 heavy (non-hydrogen) atoms. The standard InChI is InChI=1S/C19H16FN/c20-17-12-9-15(10-13-17)8-11-16-5-1-2-6-18(16)19-7-3-4-14-21-19/h1-7,9-10,12-14H,8,11H2. The van der Waals surface area contributed by atoms with Crippen LogP contribution in [0.1, 0.15) is 11.1 Å². The molecule has 0 atom stereocenters. The number of benzene rings is 2. The lowest BCUT2D eigenvalue weighted by atomic mass is 9.98. The van der Waals surface area contributed by atoms with Crippen molar-refractivity contribution in [3.8, 4) is 11.3 Å². The highest BCUT2D eigenvalue weighted by atomic mass is 19.1. The van der Waals surface area contributed by atoms with Gasteiger partial charge >= 0.3 is 0 Å². The van der Waals surface area contributed by atoms with Gasteiger partial charge in [-0.05, 0) is 48.2 Å². The summed E-state index contributed by atoms with van der Waals surface area (Å²) < 4.78 is 12.9. The largest absolute Gasteiger partial charge is 0.256 e. The number of aromatic nitrogens is 1. The molecule has 0 amide bonds. The fourth-order valence-electron chi connectivity index (χ4n) is 2.44. The summed E-state index contributed by atoms with van der Waals surface area (Å²) in [5.74, 6) is -0.187. The van der Waals surface area contributed by atoms with Crippen molar-refractivity contribution in [1.29, 1.82) is 0 Å². The fourth-order valence-corrected chi connectivity index (χ4v) is 2.44. The molecule has 0 spiro atoms. The van der Waals surface area contributed by atoms with Crippen LogP contribution in [0.3, 0.4) is 0 Å². The summed E-state index contributed by atoms with van der Waals surface area (Å²) in [4.78, 5) is 4.43. The molecule has 0 aliphatic carbocycles. The summed E-state index contributed by atoms with van der Waals surface area (Å²) in [6.07, 6.45) is 3.62. The Labute approximate surface area is 124 Å². The van der Waals surface area contributed by atoms with Gasteiger partial charge < -0.3 is 0 Å². The Balaban J connectivity index is 1.81. The minimum atomic E-state index is -0.187. The summed E-state index contributed by atoms with van der Waals surface area (Å²) in [7, 11) is 0. The predicted molar refractivity (Wildman–Crippen MR) is 83.5 cm³/mol. The highest BCUT2D eigenvalue weighted by Crippen LogP contribution is 2.22. The number of nitrogens with zero attached hydrogens (tertiary/aromatic N) is 1. The van der Waals surface area contributed by atoms with Crippen molar-refractivity contribution in [1.82, 2.24) is 4.98 Å². The zero-order valence-corrected chi connectivity index (χ0v) is 11.7. The van der Waals surface area contributed by atoms with E-state index in [1.54, 1.807) is 0 Å². The molecule has 0 saturated heterocycles.